The summed E-state index contributed by atoms with van der Waals surface area (Å²) in [6.07, 6.45) is 3.46. The van der Waals surface area contributed by atoms with E-state index >= 15 is 0 Å². The van der Waals surface area contributed by atoms with Gasteiger partial charge in [-0.2, -0.15) is 0 Å². The van der Waals surface area contributed by atoms with E-state index in [9.17, 15) is 0 Å². The summed E-state index contributed by atoms with van der Waals surface area (Å²) in [5.74, 6) is 0. The second-order valence-corrected chi connectivity index (χ2v) is 7.33. The Bertz CT molecular complexity index is 722. The summed E-state index contributed by atoms with van der Waals surface area (Å²) in [7, 11) is 2.23. The molecule has 0 saturated carbocycles. The molecule has 0 bridgehead atoms. The number of benzene rings is 2. The maximum atomic E-state index is 2.44. The molecule has 1 fully saturated rings. The van der Waals surface area contributed by atoms with Gasteiger partial charge in [0.1, 0.15) is 0 Å². The van der Waals surface area contributed by atoms with E-state index in [0.717, 1.165) is 6.42 Å². The van der Waals surface area contributed by atoms with E-state index in [4.69, 9.17) is 0 Å². The second kappa shape index (κ2) is 5.94. The van der Waals surface area contributed by atoms with Gasteiger partial charge in [-0.1, -0.05) is 59.8 Å². The highest BCUT2D eigenvalue weighted by molar-refractivity contribution is 8.08. The highest BCUT2D eigenvalue weighted by Crippen LogP contribution is 2.45. The number of fused-ring (bicyclic) bond motifs is 2. The van der Waals surface area contributed by atoms with Gasteiger partial charge < -0.3 is 4.90 Å². The Hall–Kier alpha value is -1.51. The van der Waals surface area contributed by atoms with Crippen molar-refractivity contribution in [1.82, 2.24) is 4.90 Å². The molecule has 4 rings (SSSR count). The molecule has 2 heterocycles. The van der Waals surface area contributed by atoms with Crippen LogP contribution in [0.15, 0.2) is 59.0 Å². The second-order valence-electron chi connectivity index (χ2n) is 6.28. The predicted molar refractivity (Wildman–Crippen MR) is 95.2 cm³/mol. The fourth-order valence-corrected chi connectivity index (χ4v) is 4.69. The molecule has 0 amide bonds. The Morgan fingerprint density at radius 2 is 1.55 bits per heavy atom. The third-order valence-corrected chi connectivity index (χ3v) is 6.07. The lowest BCUT2D eigenvalue weighted by atomic mass is 9.95. The Balaban J connectivity index is 1.85. The molecular formula is C20H21NS. The molecule has 0 aliphatic carbocycles. The maximum absolute atomic E-state index is 2.44. The molecule has 0 spiro atoms. The number of piperidine rings is 1. The molecule has 0 N–H and O–H groups in total. The molecule has 112 valence electrons. The Labute approximate surface area is 137 Å². The summed E-state index contributed by atoms with van der Waals surface area (Å²) in [5, 5.41) is 0. The van der Waals surface area contributed by atoms with Gasteiger partial charge in [-0.05, 0) is 49.1 Å². The van der Waals surface area contributed by atoms with Crippen molar-refractivity contribution in [3.63, 3.8) is 0 Å². The van der Waals surface area contributed by atoms with Gasteiger partial charge in [-0.15, -0.1) is 0 Å². The normalized spacial score (nSPS) is 18.6. The molecule has 1 saturated heterocycles. The van der Waals surface area contributed by atoms with Crippen LogP contribution in [0.4, 0.5) is 0 Å². The van der Waals surface area contributed by atoms with Gasteiger partial charge in [0, 0.05) is 22.9 Å². The van der Waals surface area contributed by atoms with Crippen molar-refractivity contribution in [3.05, 3.63) is 70.8 Å². The van der Waals surface area contributed by atoms with Crippen molar-refractivity contribution in [2.45, 2.75) is 24.2 Å². The Morgan fingerprint density at radius 3 is 2.36 bits per heavy atom. The van der Waals surface area contributed by atoms with Crippen LogP contribution >= 0.6 is 11.8 Å². The molecule has 0 aromatic heterocycles. The minimum absolute atomic E-state index is 1.05. The van der Waals surface area contributed by atoms with Crippen molar-refractivity contribution in [3.8, 4) is 0 Å². The van der Waals surface area contributed by atoms with E-state index in [1.807, 2.05) is 11.8 Å². The number of rotatable bonds is 0. The first-order valence-corrected chi connectivity index (χ1v) is 8.87. The number of likely N-dealkylation sites (tertiary alicyclic amines) is 1. The largest absolute Gasteiger partial charge is 0.306 e. The van der Waals surface area contributed by atoms with Crippen molar-refractivity contribution in [1.29, 1.82) is 0 Å². The summed E-state index contributed by atoms with van der Waals surface area (Å²) >= 11 is 1.99. The molecule has 2 heteroatoms. The average molecular weight is 307 g/mol. The fourth-order valence-electron chi connectivity index (χ4n) is 3.39. The lowest BCUT2D eigenvalue weighted by Crippen LogP contribution is -2.26. The van der Waals surface area contributed by atoms with E-state index in [2.05, 4.69) is 60.5 Å². The third-order valence-electron chi connectivity index (χ3n) is 4.74. The van der Waals surface area contributed by atoms with E-state index < -0.39 is 0 Å². The number of hydrogen-bond acceptors (Lipinski definition) is 2. The summed E-state index contributed by atoms with van der Waals surface area (Å²) in [6.45, 7) is 2.37. The van der Waals surface area contributed by atoms with E-state index in [0.29, 0.717) is 0 Å². The van der Waals surface area contributed by atoms with Crippen LogP contribution in [0.25, 0.3) is 4.91 Å². The average Bonchev–Trinajstić information content (AvgIpc) is 2.72. The zero-order chi connectivity index (χ0) is 14.9. The molecule has 0 radical (unpaired) electrons. The lowest BCUT2D eigenvalue weighted by molar-refractivity contribution is 0.313. The first-order valence-electron chi connectivity index (χ1n) is 8.06. The standard InChI is InChI=1S/C20H21NS/c1-21-12-10-15(11-13-21)20-18-8-4-2-6-16(18)14-17-7-3-5-9-19(17)22-20/h2-9H,10-14H2,1H3. The quantitative estimate of drug-likeness (QED) is 0.686. The van der Waals surface area contributed by atoms with Crippen molar-refractivity contribution in [2.24, 2.45) is 0 Å². The van der Waals surface area contributed by atoms with Crippen LogP contribution in [-0.2, 0) is 6.42 Å². The first-order chi connectivity index (χ1) is 10.8. The molecule has 0 unspecified atom stereocenters. The van der Waals surface area contributed by atoms with Gasteiger partial charge in [0.15, 0.2) is 0 Å². The highest BCUT2D eigenvalue weighted by atomic mass is 32.2. The summed E-state index contributed by atoms with van der Waals surface area (Å²) in [4.78, 5) is 5.39. The predicted octanol–water partition coefficient (Wildman–Crippen LogP) is 4.82. The van der Waals surface area contributed by atoms with Gasteiger partial charge in [-0.25, -0.2) is 0 Å². The van der Waals surface area contributed by atoms with E-state index in [-0.39, 0.29) is 0 Å². The smallest absolute Gasteiger partial charge is 0.0190 e. The minimum Gasteiger partial charge on any atom is -0.306 e. The maximum Gasteiger partial charge on any atom is 0.0190 e. The lowest BCUT2D eigenvalue weighted by Gasteiger charge is -2.26. The third kappa shape index (κ3) is 2.62. The van der Waals surface area contributed by atoms with Crippen LogP contribution in [0.2, 0.25) is 0 Å². The van der Waals surface area contributed by atoms with Crippen molar-refractivity contribution in [2.75, 3.05) is 20.1 Å². The monoisotopic (exact) mass is 307 g/mol. The van der Waals surface area contributed by atoms with Gasteiger partial charge in [0.05, 0.1) is 0 Å². The molecule has 0 atom stereocenters. The summed E-state index contributed by atoms with van der Waals surface area (Å²) in [6, 6.07) is 17.9. The summed E-state index contributed by atoms with van der Waals surface area (Å²) < 4.78 is 0. The van der Waals surface area contributed by atoms with Crippen LogP contribution in [0.5, 0.6) is 0 Å². The SMILES string of the molecule is CN1CCC(=C2Sc3ccccc3Cc3ccccc32)CC1. The molecule has 22 heavy (non-hydrogen) atoms. The Kier molecular flexibility index (Phi) is 3.81. The fraction of sp³-hybridized carbons (Fsp3) is 0.300. The van der Waals surface area contributed by atoms with Gasteiger partial charge in [0.25, 0.3) is 0 Å². The van der Waals surface area contributed by atoms with Crippen LogP contribution in [0, 0.1) is 0 Å². The van der Waals surface area contributed by atoms with E-state index in [1.54, 1.807) is 5.57 Å². The molecule has 2 aliphatic rings. The minimum atomic E-state index is 1.05. The number of nitrogens with zero attached hydrogens (tertiary/aromatic N) is 1. The molecule has 2 aromatic carbocycles. The molecule has 2 aromatic rings. The topological polar surface area (TPSA) is 3.24 Å². The summed E-state index contributed by atoms with van der Waals surface area (Å²) in [5.41, 5.74) is 6.04. The zero-order valence-electron chi connectivity index (χ0n) is 13.0. The first kappa shape index (κ1) is 14.1. The van der Waals surface area contributed by atoms with Crippen LogP contribution < -0.4 is 0 Å². The zero-order valence-corrected chi connectivity index (χ0v) is 13.8. The van der Waals surface area contributed by atoms with Crippen LogP contribution in [0.3, 0.4) is 0 Å². The van der Waals surface area contributed by atoms with E-state index in [1.165, 1.54) is 52.4 Å². The van der Waals surface area contributed by atoms with Gasteiger partial charge in [0.2, 0.25) is 0 Å². The Morgan fingerprint density at radius 1 is 0.864 bits per heavy atom. The number of thioether (sulfide) groups is 1. The van der Waals surface area contributed by atoms with Gasteiger partial charge >= 0.3 is 0 Å². The van der Waals surface area contributed by atoms with Gasteiger partial charge in [-0.3, -0.25) is 0 Å². The van der Waals surface area contributed by atoms with Crippen LogP contribution in [0.1, 0.15) is 29.5 Å². The van der Waals surface area contributed by atoms with Crippen molar-refractivity contribution >= 4 is 16.7 Å². The number of hydrogen-bond donors (Lipinski definition) is 0. The molecule has 2 aliphatic heterocycles. The van der Waals surface area contributed by atoms with Crippen molar-refractivity contribution < 1.29 is 0 Å². The van der Waals surface area contributed by atoms with Crippen LogP contribution in [-0.4, -0.2) is 25.0 Å². The highest BCUT2D eigenvalue weighted by Gasteiger charge is 2.22. The molecular weight excluding hydrogens is 286 g/mol. The molecule has 1 nitrogen and oxygen atoms in total.